The molecule has 2 rings (SSSR count). The molecular weight excluding hydrogens is 370 g/mol. The number of halogens is 3. The maximum absolute atomic E-state index is 6.55. The summed E-state index contributed by atoms with van der Waals surface area (Å²) < 4.78 is 1.58. The van der Waals surface area contributed by atoms with Gasteiger partial charge in [0.2, 0.25) is 0 Å². The molecule has 0 amide bonds. The van der Waals surface area contributed by atoms with Gasteiger partial charge in [0.15, 0.2) is 0 Å². The Morgan fingerprint density at radius 1 is 1.12 bits per heavy atom. The van der Waals surface area contributed by atoms with E-state index in [0.717, 1.165) is 12.8 Å². The van der Waals surface area contributed by atoms with Crippen LogP contribution in [0, 0.1) is 0 Å². The van der Waals surface area contributed by atoms with Gasteiger partial charge in [0.1, 0.15) is 0 Å². The normalized spacial score (nSPS) is 18.6. The summed E-state index contributed by atoms with van der Waals surface area (Å²) in [6.45, 7) is 4.42. The maximum atomic E-state index is 6.55. The van der Waals surface area contributed by atoms with E-state index in [4.69, 9.17) is 11.1 Å². The average Bonchev–Trinajstić information content (AvgIpc) is 2.69. The Bertz CT molecular complexity index is 414. The summed E-state index contributed by atoms with van der Waals surface area (Å²) in [4.78, 5) is 0. The molecule has 17 heavy (non-hydrogen) atoms. The largest absolute Gasteiger partial charge is 1.00 e. The van der Waals surface area contributed by atoms with Crippen LogP contribution in [-0.2, 0) is 24.7 Å². The standard InChI is InChI=1S/C12H14ClSi.2ClH.Zr/c1-14(2,13)12-9-5-8-11(12)10-6-3-4-7-10;;;/h3,5-6,9H,4,8H2,1-2H3;2*1H;/q;;;+2/p-2. The van der Waals surface area contributed by atoms with Crippen molar-refractivity contribution in [2.24, 2.45) is 0 Å². The summed E-state index contributed by atoms with van der Waals surface area (Å²) in [5.74, 6) is 0. The third-order valence-electron chi connectivity index (χ3n) is 2.83. The molecule has 5 heteroatoms. The minimum Gasteiger partial charge on any atom is -1.00 e. The van der Waals surface area contributed by atoms with Crippen molar-refractivity contribution in [3.63, 3.8) is 0 Å². The Hall–Kier alpha value is 0.930. The van der Waals surface area contributed by atoms with Crippen molar-refractivity contribution in [2.45, 2.75) is 25.9 Å². The molecule has 0 aromatic heterocycles. The van der Waals surface area contributed by atoms with Crippen LogP contribution in [0.5, 0.6) is 0 Å². The first-order valence-corrected chi connectivity index (χ1v) is 10.4. The topological polar surface area (TPSA) is 0 Å². The number of hydrogen-bond donors (Lipinski definition) is 0. The van der Waals surface area contributed by atoms with Crippen molar-refractivity contribution in [2.75, 3.05) is 0 Å². The van der Waals surface area contributed by atoms with Crippen LogP contribution in [0.15, 0.2) is 43.9 Å². The summed E-state index contributed by atoms with van der Waals surface area (Å²) >= 11 is 8.10. The number of hydrogen-bond acceptors (Lipinski definition) is 0. The Balaban J connectivity index is 0.00000128. The maximum Gasteiger partial charge on any atom is -1.00 e. The van der Waals surface area contributed by atoms with Crippen molar-refractivity contribution < 1.29 is 49.5 Å². The van der Waals surface area contributed by atoms with Gasteiger partial charge in [-0.2, -0.15) is 0 Å². The monoisotopic (exact) mass is 381 g/mol. The summed E-state index contributed by atoms with van der Waals surface area (Å²) in [6.07, 6.45) is 11.3. The zero-order chi connectivity index (χ0) is 11.1. The molecule has 0 aromatic carbocycles. The molecule has 0 atom stereocenters. The summed E-state index contributed by atoms with van der Waals surface area (Å²) in [7, 11) is -1.68. The predicted molar refractivity (Wildman–Crippen MR) is 64.9 cm³/mol. The van der Waals surface area contributed by atoms with Crippen LogP contribution in [0.4, 0.5) is 0 Å². The quantitative estimate of drug-likeness (QED) is 0.382. The van der Waals surface area contributed by atoms with Crippen molar-refractivity contribution in [3.8, 4) is 0 Å². The van der Waals surface area contributed by atoms with Gasteiger partial charge >= 0.3 is 113 Å². The van der Waals surface area contributed by atoms with E-state index >= 15 is 0 Å². The Morgan fingerprint density at radius 2 is 1.71 bits per heavy atom. The predicted octanol–water partition coefficient (Wildman–Crippen LogP) is -2.01. The van der Waals surface area contributed by atoms with Crippen molar-refractivity contribution in [3.05, 3.63) is 43.9 Å². The molecule has 2 aliphatic rings. The van der Waals surface area contributed by atoms with Crippen molar-refractivity contribution in [1.82, 2.24) is 0 Å². The van der Waals surface area contributed by atoms with Gasteiger partial charge in [-0.3, -0.25) is 0 Å². The average molecular weight is 384 g/mol. The molecule has 0 spiro atoms. The first kappa shape index (κ1) is 17.9. The molecule has 0 nitrogen and oxygen atoms in total. The molecule has 0 bridgehead atoms. The van der Waals surface area contributed by atoms with Gasteiger partial charge in [0, 0.05) is 0 Å². The van der Waals surface area contributed by atoms with Crippen LogP contribution in [0.1, 0.15) is 12.8 Å². The molecule has 0 radical (unpaired) electrons. The number of rotatable bonds is 2. The fourth-order valence-corrected chi connectivity index (χ4v) is 4.97. The molecule has 0 heterocycles. The molecule has 0 saturated heterocycles. The van der Waals surface area contributed by atoms with E-state index in [-0.39, 0.29) is 24.8 Å². The molecule has 91 valence electrons. The third-order valence-corrected chi connectivity index (χ3v) is 6.35. The zero-order valence-electron chi connectivity index (χ0n) is 9.86. The summed E-state index contributed by atoms with van der Waals surface area (Å²) in [5, 5.41) is 1.44. The Morgan fingerprint density at radius 3 is 2.18 bits per heavy atom. The van der Waals surface area contributed by atoms with Crippen LogP contribution in [0.25, 0.3) is 0 Å². The second kappa shape index (κ2) is 6.91. The first-order chi connectivity index (χ1) is 7.00. The summed E-state index contributed by atoms with van der Waals surface area (Å²) in [6, 6.07) is 0. The van der Waals surface area contributed by atoms with E-state index in [1.165, 1.54) is 16.3 Å². The van der Waals surface area contributed by atoms with Crippen LogP contribution in [0.3, 0.4) is 0 Å². The van der Waals surface area contributed by atoms with Gasteiger partial charge in [-0.05, 0) is 0 Å². The molecule has 0 N–H and O–H groups in total. The van der Waals surface area contributed by atoms with E-state index < -0.39 is 7.38 Å². The van der Waals surface area contributed by atoms with Gasteiger partial charge < -0.3 is 24.8 Å². The molecule has 0 fully saturated rings. The molecule has 0 aromatic rings. The van der Waals surface area contributed by atoms with Gasteiger partial charge in [0.05, 0.1) is 0 Å². The fraction of sp³-hybridized carbons (Fsp3) is 0.333. The van der Waals surface area contributed by atoms with Crippen molar-refractivity contribution in [1.29, 1.82) is 0 Å². The van der Waals surface area contributed by atoms with Gasteiger partial charge in [0.25, 0.3) is 0 Å². The summed E-state index contributed by atoms with van der Waals surface area (Å²) in [5.41, 5.74) is 2.98. The second-order valence-electron chi connectivity index (χ2n) is 4.47. The molecule has 0 saturated carbocycles. The second-order valence-corrected chi connectivity index (χ2v) is 12.3. The number of allylic oxidation sites excluding steroid dienone is 8. The van der Waals surface area contributed by atoms with Crippen LogP contribution in [-0.4, -0.2) is 7.38 Å². The zero-order valence-corrected chi connectivity index (χ0v) is 15.6. The van der Waals surface area contributed by atoms with Gasteiger partial charge in [-0.15, -0.1) is 0 Å². The first-order valence-electron chi connectivity index (χ1n) is 5.21. The smallest absolute Gasteiger partial charge is 1.00 e. The molecular formula is C12H14Cl3SiZr. The minimum atomic E-state index is -1.68. The van der Waals surface area contributed by atoms with Gasteiger partial charge in [-0.25, -0.2) is 0 Å². The van der Waals surface area contributed by atoms with Crippen LogP contribution in [0.2, 0.25) is 13.1 Å². The van der Waals surface area contributed by atoms with E-state index in [1.54, 1.807) is 28.0 Å². The van der Waals surface area contributed by atoms with Crippen LogP contribution < -0.4 is 24.8 Å². The molecule has 0 aliphatic heterocycles. The van der Waals surface area contributed by atoms with E-state index in [1.807, 2.05) is 0 Å². The molecule has 0 unspecified atom stereocenters. The van der Waals surface area contributed by atoms with E-state index in [9.17, 15) is 0 Å². The van der Waals surface area contributed by atoms with E-state index in [2.05, 4.69) is 37.4 Å². The minimum absolute atomic E-state index is 0. The van der Waals surface area contributed by atoms with Gasteiger partial charge in [-0.1, -0.05) is 0 Å². The third kappa shape index (κ3) is 3.94. The van der Waals surface area contributed by atoms with Crippen LogP contribution >= 0.6 is 11.1 Å². The SMILES string of the molecule is C[Si](C)(Cl)C1=C(C2=[C]([Zr+2])CC=C2)CC=C1.[Cl-].[Cl-]. The fourth-order valence-electron chi connectivity index (χ4n) is 2.11. The Labute approximate surface area is 137 Å². The Kier molecular flexibility index (Phi) is 7.29. The molecule has 2 aliphatic carbocycles. The van der Waals surface area contributed by atoms with Crippen molar-refractivity contribution >= 4 is 18.5 Å². The van der Waals surface area contributed by atoms with E-state index in [0.29, 0.717) is 0 Å².